The molecule has 0 aliphatic heterocycles. The number of carbonyl (C=O) groups excluding carboxylic acids is 2. The smallest absolute Gasteiger partial charge is 0.259 e. The highest BCUT2D eigenvalue weighted by Crippen LogP contribution is 2.25. The minimum Gasteiger partial charge on any atom is -0.497 e. The maximum Gasteiger partial charge on any atom is 0.259 e. The predicted molar refractivity (Wildman–Crippen MR) is 115 cm³/mol. The number of carbonyl (C=O) groups is 2. The summed E-state index contributed by atoms with van der Waals surface area (Å²) in [5, 5.41) is 6.57. The van der Waals surface area contributed by atoms with E-state index in [9.17, 15) is 9.59 Å². The number of para-hydroxylation sites is 1. The van der Waals surface area contributed by atoms with Gasteiger partial charge in [0.05, 0.1) is 33.6 Å². The second-order valence-electron chi connectivity index (χ2n) is 6.09. The van der Waals surface area contributed by atoms with Gasteiger partial charge in [-0.25, -0.2) is 5.43 Å². The molecule has 0 spiro atoms. The lowest BCUT2D eigenvalue weighted by Gasteiger charge is -2.10. The van der Waals surface area contributed by atoms with Crippen molar-refractivity contribution < 1.29 is 23.8 Å². The molecule has 30 heavy (non-hydrogen) atoms. The number of nitrogens with zero attached hydrogens (tertiary/aromatic N) is 1. The van der Waals surface area contributed by atoms with E-state index in [2.05, 4.69) is 15.8 Å². The molecule has 0 atom stereocenters. The van der Waals surface area contributed by atoms with Crippen LogP contribution in [0, 0.1) is 0 Å². The van der Waals surface area contributed by atoms with Crippen molar-refractivity contribution >= 4 is 23.6 Å². The van der Waals surface area contributed by atoms with Gasteiger partial charge in [0.1, 0.15) is 17.2 Å². The van der Waals surface area contributed by atoms with Crippen molar-refractivity contribution in [3.8, 4) is 17.2 Å². The third-order valence-corrected chi connectivity index (χ3v) is 4.12. The first-order valence-electron chi connectivity index (χ1n) is 9.13. The van der Waals surface area contributed by atoms with Crippen LogP contribution in [0.15, 0.2) is 53.6 Å². The zero-order valence-corrected chi connectivity index (χ0v) is 17.4. The van der Waals surface area contributed by atoms with Gasteiger partial charge >= 0.3 is 0 Å². The number of ether oxygens (including phenoxy) is 3. The van der Waals surface area contributed by atoms with E-state index in [4.69, 9.17) is 14.2 Å². The molecule has 0 saturated heterocycles. The van der Waals surface area contributed by atoms with Gasteiger partial charge < -0.3 is 19.5 Å². The summed E-state index contributed by atoms with van der Waals surface area (Å²) in [5.74, 6) is 1.00. The number of amides is 2. The number of hydrazone groups is 1. The Bertz CT molecular complexity index is 954. The van der Waals surface area contributed by atoms with Crippen molar-refractivity contribution in [3.05, 3.63) is 59.7 Å². The molecule has 8 nitrogen and oxygen atoms in total. The number of hydrogen-bond acceptors (Lipinski definition) is 6. The first-order chi connectivity index (χ1) is 14.5. The van der Waals surface area contributed by atoms with Crippen LogP contribution in [0.1, 0.15) is 18.1 Å². The van der Waals surface area contributed by atoms with Gasteiger partial charge in [-0.2, -0.15) is 5.10 Å². The van der Waals surface area contributed by atoms with E-state index in [-0.39, 0.29) is 6.54 Å². The molecular weight excluding hydrogens is 386 g/mol. The van der Waals surface area contributed by atoms with E-state index in [0.29, 0.717) is 28.5 Å². The lowest BCUT2D eigenvalue weighted by Crippen LogP contribution is -2.34. The Kier molecular flexibility index (Phi) is 8.43. The van der Waals surface area contributed by atoms with Gasteiger partial charge in [0.25, 0.3) is 5.91 Å². The van der Waals surface area contributed by atoms with Gasteiger partial charge in [-0.05, 0) is 31.2 Å². The van der Waals surface area contributed by atoms with E-state index in [1.165, 1.54) is 13.2 Å². The van der Waals surface area contributed by atoms with Crippen LogP contribution in [0.4, 0.5) is 0 Å². The molecule has 2 amide bonds. The van der Waals surface area contributed by atoms with Gasteiger partial charge in [0.2, 0.25) is 5.91 Å². The second kappa shape index (κ2) is 11.3. The highest BCUT2D eigenvalue weighted by molar-refractivity contribution is 6.02. The Balaban J connectivity index is 1.90. The average molecular weight is 411 g/mol. The fourth-order valence-corrected chi connectivity index (χ4v) is 2.54. The molecule has 2 aromatic rings. The number of nitrogens with one attached hydrogen (secondary N) is 2. The summed E-state index contributed by atoms with van der Waals surface area (Å²) < 4.78 is 15.7. The van der Waals surface area contributed by atoms with E-state index < -0.39 is 11.8 Å². The molecule has 0 bridgehead atoms. The quantitative estimate of drug-likeness (QED) is 0.375. The van der Waals surface area contributed by atoms with E-state index in [1.54, 1.807) is 51.5 Å². The van der Waals surface area contributed by atoms with Crippen LogP contribution in [0.2, 0.25) is 0 Å². The maximum atomic E-state index is 12.0. The Hall–Kier alpha value is -3.81. The lowest BCUT2D eigenvalue weighted by molar-refractivity contribution is -0.123. The normalized spacial score (nSPS) is 11.1. The first-order valence-corrected chi connectivity index (χ1v) is 9.13. The Labute approximate surface area is 175 Å². The van der Waals surface area contributed by atoms with Gasteiger partial charge in [-0.3, -0.25) is 9.59 Å². The molecule has 2 aromatic carbocycles. The fourth-order valence-electron chi connectivity index (χ4n) is 2.54. The summed E-state index contributed by atoms with van der Waals surface area (Å²) in [7, 11) is 4.66. The number of methoxy groups -OCH3 is 3. The molecule has 0 aliphatic carbocycles. The minimum absolute atomic E-state index is 0.217. The molecule has 2 N–H and O–H groups in total. The van der Waals surface area contributed by atoms with Crippen molar-refractivity contribution in [2.24, 2.45) is 5.10 Å². The first kappa shape index (κ1) is 22.5. The molecule has 8 heteroatoms. The summed E-state index contributed by atoms with van der Waals surface area (Å²) in [6.45, 7) is 1.52. The second-order valence-corrected chi connectivity index (χ2v) is 6.09. The van der Waals surface area contributed by atoms with Crippen LogP contribution < -0.4 is 25.0 Å². The van der Waals surface area contributed by atoms with E-state index in [0.717, 1.165) is 5.56 Å². The van der Waals surface area contributed by atoms with Crippen LogP contribution in [0.25, 0.3) is 6.08 Å². The molecule has 0 aromatic heterocycles. The summed E-state index contributed by atoms with van der Waals surface area (Å²) >= 11 is 0. The number of hydrogen-bond donors (Lipinski definition) is 2. The zero-order chi connectivity index (χ0) is 21.9. The Morgan fingerprint density at radius 3 is 2.43 bits per heavy atom. The van der Waals surface area contributed by atoms with Crippen LogP contribution in [0.3, 0.4) is 0 Å². The molecular formula is C22H25N3O5. The number of benzene rings is 2. The maximum absolute atomic E-state index is 12.0. The van der Waals surface area contributed by atoms with E-state index >= 15 is 0 Å². The van der Waals surface area contributed by atoms with Crippen molar-refractivity contribution in [1.82, 2.24) is 10.7 Å². The molecule has 0 heterocycles. The van der Waals surface area contributed by atoms with Crippen molar-refractivity contribution in [2.45, 2.75) is 6.92 Å². The molecule has 0 aliphatic rings. The summed E-state index contributed by atoms with van der Waals surface area (Å²) in [4.78, 5) is 23.9. The SMILES string of the molecule is COc1ccc(C(C)=NNC(=O)CNC(=O)/C=C\c2ccccc2OC)c(OC)c1. The standard InChI is InChI=1S/C22H25N3O5/c1-15(18-11-10-17(28-2)13-20(18)30-4)24-25-22(27)14-23-21(26)12-9-16-7-5-6-8-19(16)29-3/h5-13H,14H2,1-4H3,(H,23,26)(H,25,27)/b12-9-,24-15?. The van der Waals surface area contributed by atoms with Gasteiger partial charge in [0.15, 0.2) is 0 Å². The summed E-state index contributed by atoms with van der Waals surface area (Å²) in [6, 6.07) is 12.6. The third kappa shape index (κ3) is 6.37. The van der Waals surface area contributed by atoms with Crippen LogP contribution >= 0.6 is 0 Å². The lowest BCUT2D eigenvalue weighted by atomic mass is 10.1. The largest absolute Gasteiger partial charge is 0.497 e. The molecule has 0 fully saturated rings. The van der Waals surface area contributed by atoms with Crippen LogP contribution in [-0.2, 0) is 9.59 Å². The van der Waals surface area contributed by atoms with Crippen molar-refractivity contribution in [2.75, 3.05) is 27.9 Å². The molecule has 0 radical (unpaired) electrons. The van der Waals surface area contributed by atoms with Crippen LogP contribution in [-0.4, -0.2) is 45.4 Å². The average Bonchev–Trinajstić information content (AvgIpc) is 2.79. The molecule has 158 valence electrons. The Morgan fingerprint density at radius 2 is 1.73 bits per heavy atom. The summed E-state index contributed by atoms with van der Waals surface area (Å²) in [5.41, 5.74) is 4.43. The number of rotatable bonds is 9. The fraction of sp³-hybridized carbons (Fsp3) is 0.227. The van der Waals surface area contributed by atoms with Gasteiger partial charge in [-0.1, -0.05) is 18.2 Å². The monoisotopic (exact) mass is 411 g/mol. The topological polar surface area (TPSA) is 98.2 Å². The summed E-state index contributed by atoms with van der Waals surface area (Å²) in [6.07, 6.45) is 2.95. The van der Waals surface area contributed by atoms with Crippen LogP contribution in [0.5, 0.6) is 17.2 Å². The molecule has 0 saturated carbocycles. The Morgan fingerprint density at radius 1 is 1.00 bits per heavy atom. The third-order valence-electron chi connectivity index (χ3n) is 4.12. The molecule has 0 unspecified atom stereocenters. The van der Waals surface area contributed by atoms with Crippen molar-refractivity contribution in [3.63, 3.8) is 0 Å². The van der Waals surface area contributed by atoms with Gasteiger partial charge in [0, 0.05) is 23.3 Å². The van der Waals surface area contributed by atoms with Gasteiger partial charge in [-0.15, -0.1) is 0 Å². The predicted octanol–water partition coefficient (Wildman–Crippen LogP) is 2.38. The minimum atomic E-state index is -0.458. The highest BCUT2D eigenvalue weighted by Gasteiger charge is 2.09. The van der Waals surface area contributed by atoms with Crippen molar-refractivity contribution in [1.29, 1.82) is 0 Å². The highest BCUT2D eigenvalue weighted by atomic mass is 16.5. The van der Waals surface area contributed by atoms with E-state index in [1.807, 2.05) is 18.2 Å². The zero-order valence-electron chi connectivity index (χ0n) is 17.4. The molecule has 2 rings (SSSR count).